The second-order valence-corrected chi connectivity index (χ2v) is 4.60. The van der Waals surface area contributed by atoms with Crippen molar-refractivity contribution in [2.24, 2.45) is 0 Å². The molecule has 0 aliphatic carbocycles. The molecule has 0 fully saturated rings. The first-order valence-electron chi connectivity index (χ1n) is 6.00. The molecule has 106 valence electrons. The van der Waals surface area contributed by atoms with Crippen LogP contribution in [-0.2, 0) is 0 Å². The van der Waals surface area contributed by atoms with Crippen molar-refractivity contribution in [3.63, 3.8) is 0 Å². The van der Waals surface area contributed by atoms with Crippen LogP contribution < -0.4 is 5.32 Å². The van der Waals surface area contributed by atoms with Crippen LogP contribution in [0.5, 0.6) is 0 Å². The summed E-state index contributed by atoms with van der Waals surface area (Å²) in [7, 11) is 0. The van der Waals surface area contributed by atoms with E-state index in [0.29, 0.717) is 10.8 Å². The van der Waals surface area contributed by atoms with Gasteiger partial charge in [-0.1, -0.05) is 11.6 Å². The molecule has 1 aromatic carbocycles. The summed E-state index contributed by atoms with van der Waals surface area (Å²) in [4.78, 5) is 19.9. The minimum Gasteiger partial charge on any atom is -0.288 e. The van der Waals surface area contributed by atoms with E-state index < -0.39 is 5.91 Å². The zero-order valence-electron chi connectivity index (χ0n) is 10.9. The Labute approximate surface area is 124 Å². The molecular weight excluding hydrogens is 294 g/mol. The first-order chi connectivity index (χ1) is 10.1. The van der Waals surface area contributed by atoms with E-state index in [1.165, 1.54) is 6.33 Å². The Bertz CT molecular complexity index is 764. The molecule has 0 atom stereocenters. The minimum absolute atomic E-state index is 0.0406. The number of hydrogen-bond donors (Lipinski definition) is 2. The van der Waals surface area contributed by atoms with Crippen LogP contribution in [0.4, 0.5) is 5.95 Å². The Morgan fingerprint density at radius 3 is 2.76 bits per heavy atom. The van der Waals surface area contributed by atoms with Gasteiger partial charge in [0, 0.05) is 5.02 Å². The largest absolute Gasteiger partial charge is 0.297 e. The van der Waals surface area contributed by atoms with Gasteiger partial charge >= 0.3 is 0 Å². The Hall–Kier alpha value is -2.74. The molecule has 21 heavy (non-hydrogen) atoms. The average Bonchev–Trinajstić information content (AvgIpc) is 3.09. The van der Waals surface area contributed by atoms with Gasteiger partial charge in [0.15, 0.2) is 0 Å². The number of aromatic amines is 1. The van der Waals surface area contributed by atoms with Gasteiger partial charge in [-0.3, -0.25) is 10.1 Å². The number of nitrogens with one attached hydrogen (secondary N) is 2. The van der Waals surface area contributed by atoms with Crippen LogP contribution >= 0.6 is 11.6 Å². The third-order valence-electron chi connectivity index (χ3n) is 2.69. The maximum atomic E-state index is 12.0. The van der Waals surface area contributed by atoms with Crippen molar-refractivity contribution in [1.29, 1.82) is 0 Å². The fourth-order valence-corrected chi connectivity index (χ4v) is 1.87. The molecule has 0 radical (unpaired) electrons. The first-order valence-corrected chi connectivity index (χ1v) is 6.37. The van der Waals surface area contributed by atoms with Gasteiger partial charge in [0.2, 0.25) is 11.8 Å². The molecule has 0 aliphatic heterocycles. The molecular formula is C12H10ClN7O. The number of hydrogen-bond acceptors (Lipinski definition) is 5. The van der Waals surface area contributed by atoms with E-state index in [0.717, 1.165) is 5.69 Å². The van der Waals surface area contributed by atoms with E-state index in [-0.39, 0.29) is 11.8 Å². The van der Waals surface area contributed by atoms with Crippen LogP contribution in [0.25, 0.3) is 5.69 Å². The number of amides is 1. The van der Waals surface area contributed by atoms with Crippen molar-refractivity contribution in [2.75, 3.05) is 5.32 Å². The predicted molar refractivity (Wildman–Crippen MR) is 75.4 cm³/mol. The highest BCUT2D eigenvalue weighted by Gasteiger charge is 2.16. The molecule has 3 rings (SSSR count). The lowest BCUT2D eigenvalue weighted by atomic mass is 10.3. The quantitative estimate of drug-likeness (QED) is 0.765. The van der Waals surface area contributed by atoms with Crippen molar-refractivity contribution in [2.45, 2.75) is 6.92 Å². The molecule has 0 bridgehead atoms. The Morgan fingerprint density at radius 2 is 2.10 bits per heavy atom. The number of nitrogens with zero attached hydrogens (tertiary/aromatic N) is 5. The van der Waals surface area contributed by atoms with Gasteiger partial charge in [0.05, 0.1) is 5.69 Å². The smallest absolute Gasteiger partial charge is 0.288 e. The number of aromatic nitrogens is 6. The van der Waals surface area contributed by atoms with Gasteiger partial charge in [-0.05, 0) is 31.2 Å². The van der Waals surface area contributed by atoms with E-state index in [1.54, 1.807) is 35.9 Å². The van der Waals surface area contributed by atoms with Crippen molar-refractivity contribution >= 4 is 23.5 Å². The van der Waals surface area contributed by atoms with Gasteiger partial charge in [-0.25, -0.2) is 14.8 Å². The van der Waals surface area contributed by atoms with Crippen molar-refractivity contribution < 1.29 is 4.79 Å². The van der Waals surface area contributed by atoms with E-state index in [1.807, 2.05) is 0 Å². The van der Waals surface area contributed by atoms with Gasteiger partial charge in [0.1, 0.15) is 12.2 Å². The van der Waals surface area contributed by atoms with Gasteiger partial charge in [-0.2, -0.15) is 10.1 Å². The van der Waals surface area contributed by atoms with Gasteiger partial charge < -0.3 is 0 Å². The number of carbonyl (C=O) groups is 1. The first kappa shape index (κ1) is 13.3. The zero-order valence-corrected chi connectivity index (χ0v) is 11.7. The molecule has 0 spiro atoms. The lowest BCUT2D eigenvalue weighted by molar-refractivity contribution is 0.101. The SMILES string of the molecule is Cc1nc(C(=O)Nc2ncn[nH]2)nn1-c1ccc(Cl)cc1. The van der Waals surface area contributed by atoms with E-state index in [4.69, 9.17) is 11.6 Å². The third-order valence-corrected chi connectivity index (χ3v) is 2.94. The summed E-state index contributed by atoms with van der Waals surface area (Å²) in [5.74, 6) is 0.391. The van der Waals surface area contributed by atoms with Crippen LogP contribution in [0.15, 0.2) is 30.6 Å². The van der Waals surface area contributed by atoms with Crippen LogP contribution in [0.3, 0.4) is 0 Å². The number of aryl methyl sites for hydroxylation is 1. The standard InChI is InChI=1S/C12H10ClN7O/c1-7-16-10(11(21)17-12-14-6-15-18-12)19-20(7)9-4-2-8(13)3-5-9/h2-6H,1H3,(H2,14,15,17,18,21). The number of rotatable bonds is 3. The monoisotopic (exact) mass is 303 g/mol. The Morgan fingerprint density at radius 1 is 1.33 bits per heavy atom. The highest BCUT2D eigenvalue weighted by atomic mass is 35.5. The summed E-state index contributed by atoms with van der Waals surface area (Å²) in [6, 6.07) is 7.07. The lowest BCUT2D eigenvalue weighted by Crippen LogP contribution is -2.15. The number of anilines is 1. The molecule has 2 N–H and O–H groups in total. The Kier molecular flexibility index (Phi) is 3.36. The molecule has 2 aromatic heterocycles. The van der Waals surface area contributed by atoms with Crippen LogP contribution in [0, 0.1) is 6.92 Å². The predicted octanol–water partition coefficient (Wildman–Crippen LogP) is 1.60. The summed E-state index contributed by atoms with van der Waals surface area (Å²) in [5.41, 5.74) is 0.767. The number of carbonyl (C=O) groups excluding carboxylic acids is 1. The summed E-state index contributed by atoms with van der Waals surface area (Å²) in [6.45, 7) is 1.76. The summed E-state index contributed by atoms with van der Waals surface area (Å²) in [6.07, 6.45) is 1.29. The van der Waals surface area contributed by atoms with Gasteiger partial charge in [0.25, 0.3) is 5.91 Å². The lowest BCUT2D eigenvalue weighted by Gasteiger charge is -2.02. The van der Waals surface area contributed by atoms with Crippen molar-refractivity contribution in [3.8, 4) is 5.69 Å². The third kappa shape index (κ3) is 2.75. The summed E-state index contributed by atoms with van der Waals surface area (Å²) < 4.78 is 1.56. The maximum absolute atomic E-state index is 12.0. The summed E-state index contributed by atoms with van der Waals surface area (Å²) in [5, 5.41) is 13.5. The molecule has 1 amide bonds. The van der Waals surface area contributed by atoms with E-state index >= 15 is 0 Å². The second-order valence-electron chi connectivity index (χ2n) is 4.16. The van der Waals surface area contributed by atoms with Crippen molar-refractivity contribution in [3.05, 3.63) is 47.3 Å². The fraction of sp³-hybridized carbons (Fsp3) is 0.0833. The Balaban J connectivity index is 1.87. The molecule has 9 heteroatoms. The molecule has 3 aromatic rings. The van der Waals surface area contributed by atoms with Crippen LogP contribution in [-0.4, -0.2) is 35.9 Å². The van der Waals surface area contributed by atoms with Crippen molar-refractivity contribution in [1.82, 2.24) is 29.9 Å². The number of H-pyrrole nitrogens is 1. The molecule has 2 heterocycles. The second kappa shape index (κ2) is 5.33. The number of halogens is 1. The van der Waals surface area contributed by atoms with Crippen LogP contribution in [0.2, 0.25) is 5.02 Å². The molecule has 0 saturated heterocycles. The fourth-order valence-electron chi connectivity index (χ4n) is 1.74. The van der Waals surface area contributed by atoms with E-state index in [9.17, 15) is 4.79 Å². The maximum Gasteiger partial charge on any atom is 0.297 e. The zero-order chi connectivity index (χ0) is 14.8. The van der Waals surface area contributed by atoms with E-state index in [2.05, 4.69) is 30.6 Å². The van der Waals surface area contributed by atoms with Crippen LogP contribution in [0.1, 0.15) is 16.4 Å². The highest BCUT2D eigenvalue weighted by molar-refractivity contribution is 6.30. The normalized spacial score (nSPS) is 10.6. The topological polar surface area (TPSA) is 101 Å². The molecule has 0 aliphatic rings. The molecule has 0 saturated carbocycles. The molecule has 8 nitrogen and oxygen atoms in total. The minimum atomic E-state index is -0.470. The number of benzene rings is 1. The molecule has 0 unspecified atom stereocenters. The van der Waals surface area contributed by atoms with Gasteiger partial charge in [-0.15, -0.1) is 5.10 Å². The highest BCUT2D eigenvalue weighted by Crippen LogP contribution is 2.14. The summed E-state index contributed by atoms with van der Waals surface area (Å²) >= 11 is 5.85. The average molecular weight is 304 g/mol.